The van der Waals surface area contributed by atoms with E-state index < -0.39 is 58.6 Å². The summed E-state index contributed by atoms with van der Waals surface area (Å²) in [5.74, 6) is -9.17. The van der Waals surface area contributed by atoms with E-state index in [0.717, 1.165) is 0 Å². The zero-order chi connectivity index (χ0) is 17.9. The Labute approximate surface area is 132 Å². The van der Waals surface area contributed by atoms with E-state index in [1.165, 1.54) is 0 Å². The van der Waals surface area contributed by atoms with Gasteiger partial charge in [-0.15, -0.1) is 0 Å². The fourth-order valence-corrected chi connectivity index (χ4v) is 1.74. The van der Waals surface area contributed by atoms with Gasteiger partial charge in [-0.25, -0.2) is 31.1 Å². The van der Waals surface area contributed by atoms with Crippen molar-refractivity contribution in [3.63, 3.8) is 0 Å². The smallest absolute Gasteiger partial charge is 0.331 e. The Kier molecular flexibility index (Phi) is 5.28. The van der Waals surface area contributed by atoms with Crippen molar-refractivity contribution in [1.29, 1.82) is 0 Å². The molecule has 0 aliphatic rings. The van der Waals surface area contributed by atoms with E-state index in [4.69, 9.17) is 0 Å². The van der Waals surface area contributed by atoms with Crippen LogP contribution < -0.4 is 0 Å². The van der Waals surface area contributed by atoms with Gasteiger partial charge in [-0.1, -0.05) is 0 Å². The molecular formula is C16H8F6O2. The number of hydrogen-bond donors (Lipinski definition) is 0. The van der Waals surface area contributed by atoms with Crippen molar-refractivity contribution in [1.82, 2.24) is 0 Å². The number of esters is 1. The third-order valence-electron chi connectivity index (χ3n) is 2.96. The summed E-state index contributed by atoms with van der Waals surface area (Å²) in [5.41, 5.74) is -1.64. The van der Waals surface area contributed by atoms with Crippen LogP contribution in [0.3, 0.4) is 0 Å². The summed E-state index contributed by atoms with van der Waals surface area (Å²) in [4.78, 5) is 11.4. The molecule has 0 bridgehead atoms. The van der Waals surface area contributed by atoms with Crippen LogP contribution in [0.25, 0.3) is 6.08 Å². The Morgan fingerprint density at radius 2 is 1.38 bits per heavy atom. The molecule has 0 heterocycles. The molecule has 24 heavy (non-hydrogen) atoms. The first-order valence-electron chi connectivity index (χ1n) is 6.42. The normalized spacial score (nSPS) is 11.1. The van der Waals surface area contributed by atoms with Gasteiger partial charge >= 0.3 is 5.97 Å². The van der Waals surface area contributed by atoms with Crippen molar-refractivity contribution >= 4 is 12.0 Å². The van der Waals surface area contributed by atoms with Crippen molar-refractivity contribution < 1.29 is 35.9 Å². The lowest BCUT2D eigenvalue weighted by atomic mass is 10.1. The Morgan fingerprint density at radius 3 is 2.04 bits per heavy atom. The number of halogens is 6. The van der Waals surface area contributed by atoms with E-state index in [0.29, 0.717) is 36.4 Å². The number of rotatable bonds is 4. The van der Waals surface area contributed by atoms with Crippen LogP contribution in [0.15, 0.2) is 30.3 Å². The van der Waals surface area contributed by atoms with Crippen molar-refractivity contribution in [3.8, 4) is 0 Å². The van der Waals surface area contributed by atoms with Crippen LogP contribution in [-0.4, -0.2) is 5.97 Å². The molecule has 0 aromatic heterocycles. The summed E-state index contributed by atoms with van der Waals surface area (Å²) in [6.07, 6.45) is 1.14. The minimum atomic E-state index is -1.52. The average molecular weight is 346 g/mol. The van der Waals surface area contributed by atoms with Gasteiger partial charge < -0.3 is 4.74 Å². The number of carbonyl (C=O) groups excluding carboxylic acids is 1. The summed E-state index contributed by atoms with van der Waals surface area (Å²) in [6.45, 7) is -0.938. The van der Waals surface area contributed by atoms with Gasteiger partial charge in [-0.2, -0.15) is 0 Å². The Bertz CT molecular complexity index is 817. The van der Waals surface area contributed by atoms with Gasteiger partial charge in [0.25, 0.3) is 0 Å². The summed E-state index contributed by atoms with van der Waals surface area (Å²) >= 11 is 0. The van der Waals surface area contributed by atoms with E-state index in [2.05, 4.69) is 4.74 Å². The number of ether oxygens (including phenoxy) is 1. The van der Waals surface area contributed by atoms with E-state index in [9.17, 15) is 31.1 Å². The van der Waals surface area contributed by atoms with E-state index >= 15 is 0 Å². The molecular weight excluding hydrogens is 338 g/mol. The van der Waals surface area contributed by atoms with Gasteiger partial charge in [0.1, 0.15) is 18.2 Å². The molecule has 0 atom stereocenters. The lowest BCUT2D eigenvalue weighted by Gasteiger charge is -2.06. The van der Waals surface area contributed by atoms with Crippen molar-refractivity contribution in [3.05, 3.63) is 76.4 Å². The molecule has 0 unspecified atom stereocenters. The highest BCUT2D eigenvalue weighted by atomic mass is 19.2. The molecule has 8 heteroatoms. The molecule has 2 aromatic rings. The molecule has 0 fully saturated rings. The first-order chi connectivity index (χ1) is 11.3. The van der Waals surface area contributed by atoms with E-state index in [1.807, 2.05) is 0 Å². The first kappa shape index (κ1) is 17.6. The summed E-state index contributed by atoms with van der Waals surface area (Å²) in [7, 11) is 0. The molecule has 0 saturated heterocycles. The van der Waals surface area contributed by atoms with Gasteiger partial charge in [-0.05, 0) is 30.3 Å². The Balaban J connectivity index is 2.10. The zero-order valence-electron chi connectivity index (χ0n) is 11.8. The van der Waals surface area contributed by atoms with Gasteiger partial charge in [0.2, 0.25) is 0 Å². The molecule has 2 nitrogen and oxygen atoms in total. The third-order valence-corrected chi connectivity index (χ3v) is 2.96. The van der Waals surface area contributed by atoms with Crippen LogP contribution in [0.4, 0.5) is 26.3 Å². The first-order valence-corrected chi connectivity index (χ1v) is 6.42. The lowest BCUT2D eigenvalue weighted by Crippen LogP contribution is -2.06. The van der Waals surface area contributed by atoms with Crippen molar-refractivity contribution in [2.75, 3.05) is 0 Å². The highest BCUT2D eigenvalue weighted by Gasteiger charge is 2.15. The maximum atomic E-state index is 13.4. The minimum absolute atomic E-state index is 0.538. The van der Waals surface area contributed by atoms with Gasteiger partial charge in [0, 0.05) is 11.6 Å². The largest absolute Gasteiger partial charge is 0.457 e. The monoisotopic (exact) mass is 346 g/mol. The van der Waals surface area contributed by atoms with E-state index in [-0.39, 0.29) is 0 Å². The van der Waals surface area contributed by atoms with Crippen molar-refractivity contribution in [2.45, 2.75) is 6.61 Å². The highest BCUT2D eigenvalue weighted by Crippen LogP contribution is 2.18. The van der Waals surface area contributed by atoms with E-state index in [1.54, 1.807) is 0 Å². The lowest BCUT2D eigenvalue weighted by molar-refractivity contribution is -0.139. The summed E-state index contributed by atoms with van der Waals surface area (Å²) < 4.78 is 83.8. The van der Waals surface area contributed by atoms with Gasteiger partial charge in [0.15, 0.2) is 23.3 Å². The predicted octanol–water partition coefficient (Wildman–Crippen LogP) is 4.28. The van der Waals surface area contributed by atoms with Crippen LogP contribution in [0.2, 0.25) is 0 Å². The molecule has 0 saturated carbocycles. The molecule has 0 aliphatic heterocycles. The highest BCUT2D eigenvalue weighted by molar-refractivity contribution is 5.87. The minimum Gasteiger partial charge on any atom is -0.457 e. The Morgan fingerprint density at radius 1 is 0.833 bits per heavy atom. The predicted molar refractivity (Wildman–Crippen MR) is 71.5 cm³/mol. The van der Waals surface area contributed by atoms with Crippen LogP contribution in [0.1, 0.15) is 11.1 Å². The number of carbonyl (C=O) groups is 1. The second-order valence-corrected chi connectivity index (χ2v) is 4.52. The molecule has 0 radical (unpaired) electrons. The molecule has 0 N–H and O–H groups in total. The molecule has 0 spiro atoms. The molecule has 0 amide bonds. The maximum Gasteiger partial charge on any atom is 0.331 e. The van der Waals surface area contributed by atoms with Gasteiger partial charge in [-0.3, -0.25) is 0 Å². The molecule has 2 aromatic carbocycles. The molecule has 2 rings (SSSR count). The van der Waals surface area contributed by atoms with Crippen LogP contribution in [-0.2, 0) is 16.1 Å². The average Bonchev–Trinajstić information content (AvgIpc) is 2.54. The third kappa shape index (κ3) is 3.76. The SMILES string of the molecule is O=C(/C=C/c1c(F)ccc(F)c1F)OCc1c(F)ccc(F)c1F. The van der Waals surface area contributed by atoms with Crippen LogP contribution in [0.5, 0.6) is 0 Å². The van der Waals surface area contributed by atoms with Crippen molar-refractivity contribution in [2.24, 2.45) is 0 Å². The summed E-state index contributed by atoms with van der Waals surface area (Å²) in [5, 5.41) is 0. The number of benzene rings is 2. The molecule has 0 aliphatic carbocycles. The van der Waals surface area contributed by atoms with Gasteiger partial charge in [0.05, 0.1) is 5.56 Å². The number of hydrogen-bond acceptors (Lipinski definition) is 2. The summed E-state index contributed by atoms with van der Waals surface area (Å²) in [6, 6.07) is 2.43. The second-order valence-electron chi connectivity index (χ2n) is 4.52. The van der Waals surface area contributed by atoms with Crippen LogP contribution >= 0.6 is 0 Å². The van der Waals surface area contributed by atoms with Crippen LogP contribution in [0, 0.1) is 34.9 Å². The quantitative estimate of drug-likeness (QED) is 0.358. The zero-order valence-corrected chi connectivity index (χ0v) is 11.8. The maximum absolute atomic E-state index is 13.4. The Hall–Kier alpha value is -2.77. The standard InChI is InChI=1S/C16H8F6O2/c17-10-2-4-12(19)15(21)8(10)1-6-14(23)24-7-9-11(18)3-5-13(20)16(9)22/h1-6H,7H2/b6-1+. The fourth-order valence-electron chi connectivity index (χ4n) is 1.74. The fraction of sp³-hybridized carbons (Fsp3) is 0.0625. The second kappa shape index (κ2) is 7.20. The topological polar surface area (TPSA) is 26.3 Å². The molecule has 126 valence electrons.